The summed E-state index contributed by atoms with van der Waals surface area (Å²) >= 11 is 3.50. The molecule has 0 radical (unpaired) electrons. The quantitative estimate of drug-likeness (QED) is 0.547. The van der Waals surface area contributed by atoms with Gasteiger partial charge in [0.25, 0.3) is 0 Å². The first-order chi connectivity index (χ1) is 13.3. The lowest BCUT2D eigenvalue weighted by Gasteiger charge is -2.24. The molecule has 0 bridgehead atoms. The summed E-state index contributed by atoms with van der Waals surface area (Å²) in [5, 5.41) is 4.58. The number of nitrogens with zero attached hydrogens (tertiary/aromatic N) is 2. The van der Waals surface area contributed by atoms with E-state index in [1.807, 2.05) is 44.2 Å². The Labute approximate surface area is 172 Å². The van der Waals surface area contributed by atoms with E-state index in [1.54, 1.807) is 23.9 Å². The van der Waals surface area contributed by atoms with Crippen molar-refractivity contribution in [2.75, 3.05) is 12.9 Å². The van der Waals surface area contributed by atoms with E-state index in [-0.39, 0.29) is 17.6 Å². The van der Waals surface area contributed by atoms with E-state index in [2.05, 4.69) is 21.0 Å². The molecule has 1 aliphatic rings. The van der Waals surface area contributed by atoms with E-state index in [9.17, 15) is 8.42 Å². The van der Waals surface area contributed by atoms with Gasteiger partial charge < -0.3 is 8.92 Å². The minimum Gasteiger partial charge on any atom is -0.497 e. The molecule has 0 amide bonds. The number of aromatic nitrogens is 2. The lowest BCUT2D eigenvalue weighted by molar-refractivity contribution is 0.414. The topological polar surface area (TPSA) is 70.4 Å². The number of hydrogen-bond acceptors (Lipinski definition) is 5. The number of ether oxygens (including phenoxy) is 1. The zero-order valence-electron chi connectivity index (χ0n) is 15.6. The molecule has 8 heteroatoms. The first-order valence-electron chi connectivity index (χ1n) is 8.71. The van der Waals surface area contributed by atoms with E-state index < -0.39 is 10.1 Å². The molecule has 0 saturated carbocycles. The van der Waals surface area contributed by atoms with E-state index in [0.29, 0.717) is 11.4 Å². The van der Waals surface area contributed by atoms with Crippen molar-refractivity contribution >= 4 is 26.0 Å². The Bertz CT molecular complexity index is 1150. The van der Waals surface area contributed by atoms with Crippen LogP contribution in [-0.2, 0) is 10.1 Å². The SMILES string of the molecule is COc1ccc(-n2nc(C)c3c2OS(=O)(=O)CC3c2ccc(Br)c(C)c2)cc1. The second-order valence-corrected chi connectivity index (χ2v) is 9.25. The van der Waals surface area contributed by atoms with Crippen LogP contribution in [0, 0.1) is 13.8 Å². The summed E-state index contributed by atoms with van der Waals surface area (Å²) < 4.78 is 38.2. The van der Waals surface area contributed by atoms with Crippen LogP contribution in [0.5, 0.6) is 11.6 Å². The largest absolute Gasteiger partial charge is 0.497 e. The summed E-state index contributed by atoms with van der Waals surface area (Å²) in [6, 6.07) is 13.1. The van der Waals surface area contributed by atoms with Gasteiger partial charge in [0.1, 0.15) is 5.75 Å². The Morgan fingerprint density at radius 3 is 2.54 bits per heavy atom. The molecule has 1 unspecified atom stereocenters. The number of benzene rings is 2. The summed E-state index contributed by atoms with van der Waals surface area (Å²) in [6.07, 6.45) is 0. The Kier molecular flexibility index (Phi) is 4.71. The lowest BCUT2D eigenvalue weighted by Crippen LogP contribution is -2.27. The molecule has 28 heavy (non-hydrogen) atoms. The molecule has 0 saturated heterocycles. The summed E-state index contributed by atoms with van der Waals surface area (Å²) in [7, 11) is -2.15. The second-order valence-electron chi connectivity index (χ2n) is 6.78. The van der Waals surface area contributed by atoms with Gasteiger partial charge in [-0.25, -0.2) is 0 Å². The van der Waals surface area contributed by atoms with Crippen molar-refractivity contribution in [3.8, 4) is 17.3 Å². The first-order valence-corrected chi connectivity index (χ1v) is 11.1. The third kappa shape index (κ3) is 3.31. The molecule has 3 aromatic rings. The summed E-state index contributed by atoms with van der Waals surface area (Å²) in [5.74, 6) is 0.501. The smallest absolute Gasteiger partial charge is 0.311 e. The van der Waals surface area contributed by atoms with Crippen LogP contribution in [0.4, 0.5) is 0 Å². The molecule has 4 rings (SSSR count). The normalized spacial score (nSPS) is 17.6. The fraction of sp³-hybridized carbons (Fsp3) is 0.250. The van der Waals surface area contributed by atoms with Gasteiger partial charge in [0.05, 0.1) is 24.2 Å². The number of rotatable bonds is 3. The molecular weight excluding hydrogens is 444 g/mol. The molecule has 1 atom stereocenters. The maximum Gasteiger partial charge on any atom is 0.311 e. The first kappa shape index (κ1) is 19.0. The Morgan fingerprint density at radius 2 is 1.89 bits per heavy atom. The molecule has 1 aliphatic heterocycles. The number of hydrogen-bond donors (Lipinski definition) is 0. The van der Waals surface area contributed by atoms with Crippen LogP contribution in [-0.4, -0.2) is 31.1 Å². The third-order valence-corrected chi connectivity index (χ3v) is 6.93. The Morgan fingerprint density at radius 1 is 1.18 bits per heavy atom. The molecule has 2 aromatic carbocycles. The second kappa shape index (κ2) is 6.93. The molecule has 6 nitrogen and oxygen atoms in total. The van der Waals surface area contributed by atoms with Crippen molar-refractivity contribution in [2.45, 2.75) is 19.8 Å². The van der Waals surface area contributed by atoms with Gasteiger partial charge in [-0.05, 0) is 55.3 Å². The summed E-state index contributed by atoms with van der Waals surface area (Å²) in [6.45, 7) is 3.86. The summed E-state index contributed by atoms with van der Waals surface area (Å²) in [5.41, 5.74) is 4.21. The van der Waals surface area contributed by atoms with Crippen molar-refractivity contribution in [2.24, 2.45) is 0 Å². The molecule has 0 fully saturated rings. The molecular formula is C20H19BrN2O4S. The zero-order valence-corrected chi connectivity index (χ0v) is 18.0. The van der Waals surface area contributed by atoms with Crippen LogP contribution in [0.15, 0.2) is 46.9 Å². The number of halogens is 1. The van der Waals surface area contributed by atoms with Crippen molar-refractivity contribution in [3.05, 3.63) is 69.3 Å². The van der Waals surface area contributed by atoms with Gasteiger partial charge in [-0.2, -0.15) is 18.2 Å². The van der Waals surface area contributed by atoms with Crippen molar-refractivity contribution < 1.29 is 17.3 Å². The minimum absolute atomic E-state index is 0.115. The fourth-order valence-corrected chi connectivity index (χ4v) is 4.97. The molecule has 0 N–H and O–H groups in total. The van der Waals surface area contributed by atoms with Gasteiger partial charge in [-0.1, -0.05) is 28.1 Å². The lowest BCUT2D eigenvalue weighted by atomic mass is 9.92. The third-order valence-electron chi connectivity index (χ3n) is 4.89. The Balaban J connectivity index is 1.88. The molecule has 0 spiro atoms. The van der Waals surface area contributed by atoms with E-state index >= 15 is 0 Å². The highest BCUT2D eigenvalue weighted by Gasteiger charge is 2.38. The van der Waals surface area contributed by atoms with Crippen molar-refractivity contribution in [3.63, 3.8) is 0 Å². The molecule has 1 aromatic heterocycles. The monoisotopic (exact) mass is 462 g/mol. The van der Waals surface area contributed by atoms with Crippen molar-refractivity contribution in [1.82, 2.24) is 9.78 Å². The predicted octanol–water partition coefficient (Wildman–Crippen LogP) is 4.11. The van der Waals surface area contributed by atoms with E-state index in [1.165, 1.54) is 0 Å². The maximum absolute atomic E-state index is 12.5. The highest BCUT2D eigenvalue weighted by molar-refractivity contribution is 9.10. The molecule has 0 aliphatic carbocycles. The summed E-state index contributed by atoms with van der Waals surface area (Å²) in [4.78, 5) is 0. The zero-order chi connectivity index (χ0) is 20.1. The van der Waals surface area contributed by atoms with Gasteiger partial charge in [-0.3, -0.25) is 0 Å². The Hall–Kier alpha value is -2.32. The van der Waals surface area contributed by atoms with Crippen LogP contribution in [0.25, 0.3) is 5.69 Å². The van der Waals surface area contributed by atoms with E-state index in [0.717, 1.165) is 26.9 Å². The van der Waals surface area contributed by atoms with Crippen LogP contribution in [0.1, 0.15) is 28.3 Å². The van der Waals surface area contributed by atoms with Gasteiger partial charge in [-0.15, -0.1) is 0 Å². The maximum atomic E-state index is 12.5. The van der Waals surface area contributed by atoms with E-state index in [4.69, 9.17) is 8.92 Å². The average molecular weight is 463 g/mol. The predicted molar refractivity (Wildman–Crippen MR) is 110 cm³/mol. The minimum atomic E-state index is -3.74. The molecule has 146 valence electrons. The van der Waals surface area contributed by atoms with Crippen LogP contribution in [0.3, 0.4) is 0 Å². The van der Waals surface area contributed by atoms with Gasteiger partial charge in [0, 0.05) is 16.0 Å². The average Bonchev–Trinajstić information content (AvgIpc) is 2.98. The van der Waals surface area contributed by atoms with Crippen LogP contribution in [0.2, 0.25) is 0 Å². The van der Waals surface area contributed by atoms with Gasteiger partial charge in [0.2, 0.25) is 5.88 Å². The van der Waals surface area contributed by atoms with Crippen LogP contribution >= 0.6 is 15.9 Å². The van der Waals surface area contributed by atoms with Crippen LogP contribution < -0.4 is 8.92 Å². The number of aryl methyl sites for hydroxylation is 2. The standard InChI is InChI=1S/C20H19BrN2O4S/c1-12-10-14(4-9-18(12)21)17-11-28(24,25)27-20-19(17)13(2)22-23(20)15-5-7-16(26-3)8-6-15/h4-10,17H,11H2,1-3H3. The van der Waals surface area contributed by atoms with Gasteiger partial charge in [0.15, 0.2) is 0 Å². The number of fused-ring (bicyclic) bond motifs is 1. The number of methoxy groups -OCH3 is 1. The highest BCUT2D eigenvalue weighted by Crippen LogP contribution is 2.42. The highest BCUT2D eigenvalue weighted by atomic mass is 79.9. The fourth-order valence-electron chi connectivity index (χ4n) is 3.49. The molecule has 2 heterocycles. The van der Waals surface area contributed by atoms with Gasteiger partial charge >= 0.3 is 10.1 Å². The van der Waals surface area contributed by atoms with Crippen molar-refractivity contribution in [1.29, 1.82) is 0 Å².